The average Bonchev–Trinajstić information content (AvgIpc) is 2.54. The highest BCUT2D eigenvalue weighted by Gasteiger charge is 2.22. The second-order valence-electron chi connectivity index (χ2n) is 5.30. The number of amides is 1. The fourth-order valence-electron chi connectivity index (χ4n) is 2.76. The van der Waals surface area contributed by atoms with Crippen molar-refractivity contribution >= 4 is 38.2 Å². The Bertz CT molecular complexity index is 1010. The van der Waals surface area contributed by atoms with Gasteiger partial charge >= 0.3 is 0 Å². The van der Waals surface area contributed by atoms with Crippen molar-refractivity contribution < 1.29 is 17.8 Å². The molecule has 5 nitrogen and oxygen atoms in total. The Morgan fingerprint density at radius 1 is 0.917 bits per heavy atom. The van der Waals surface area contributed by atoms with Crippen LogP contribution in [-0.2, 0) is 14.9 Å². The van der Waals surface area contributed by atoms with E-state index in [0.717, 1.165) is 0 Å². The fourth-order valence-corrected chi connectivity index (χ4v) is 3.49. The maximum Gasteiger partial charge on any atom is 0.295 e. The van der Waals surface area contributed by atoms with E-state index in [1.807, 2.05) is 6.07 Å². The standard InChI is InChI=1S/C18H15NO4S/c1-13(20)19(15-9-3-2-4-10-15)16-11-5-7-14-8-6-12-17(18(14)16)24(21,22)23/h2-12H,1H3,(H,21,22,23). The summed E-state index contributed by atoms with van der Waals surface area (Å²) in [4.78, 5) is 13.5. The number of carbonyl (C=O) groups excluding carboxylic acids is 1. The van der Waals surface area contributed by atoms with Crippen molar-refractivity contribution in [3.63, 3.8) is 0 Å². The van der Waals surface area contributed by atoms with Crippen LogP contribution in [0.5, 0.6) is 0 Å². The molecule has 0 aliphatic carbocycles. The zero-order chi connectivity index (χ0) is 17.3. The number of rotatable bonds is 3. The Balaban J connectivity index is 2.39. The van der Waals surface area contributed by atoms with Gasteiger partial charge in [0.1, 0.15) is 4.90 Å². The predicted molar refractivity (Wildman–Crippen MR) is 93.0 cm³/mol. The summed E-state index contributed by atoms with van der Waals surface area (Å²) in [6, 6.07) is 18.7. The first-order valence-corrected chi connectivity index (χ1v) is 8.68. The SMILES string of the molecule is CC(=O)N(c1ccccc1)c1cccc2cccc(S(=O)(=O)O)c12. The molecule has 0 heterocycles. The lowest BCUT2D eigenvalue weighted by Crippen LogP contribution is -2.23. The number of carbonyl (C=O) groups is 1. The van der Waals surface area contributed by atoms with E-state index < -0.39 is 10.1 Å². The topological polar surface area (TPSA) is 74.7 Å². The zero-order valence-corrected chi connectivity index (χ0v) is 13.7. The molecule has 0 saturated carbocycles. The molecule has 6 heteroatoms. The molecule has 122 valence electrons. The van der Waals surface area contributed by atoms with Crippen molar-refractivity contribution in [2.45, 2.75) is 11.8 Å². The molecule has 24 heavy (non-hydrogen) atoms. The minimum absolute atomic E-state index is 0.224. The Labute approximate surface area is 139 Å². The Morgan fingerprint density at radius 3 is 2.12 bits per heavy atom. The van der Waals surface area contributed by atoms with Gasteiger partial charge in [0.2, 0.25) is 5.91 Å². The summed E-state index contributed by atoms with van der Waals surface area (Å²) in [5, 5.41) is 0.923. The molecule has 0 spiro atoms. The second kappa shape index (κ2) is 6.07. The highest BCUT2D eigenvalue weighted by molar-refractivity contribution is 7.86. The fraction of sp³-hybridized carbons (Fsp3) is 0.0556. The molecule has 3 rings (SSSR count). The van der Waals surface area contributed by atoms with E-state index in [9.17, 15) is 17.8 Å². The number of benzene rings is 3. The van der Waals surface area contributed by atoms with Crippen LogP contribution in [0.4, 0.5) is 11.4 Å². The molecule has 0 aromatic heterocycles. The lowest BCUT2D eigenvalue weighted by atomic mass is 10.1. The van der Waals surface area contributed by atoms with Gasteiger partial charge in [0.15, 0.2) is 0 Å². The maximum absolute atomic E-state index is 12.3. The Kier molecular flexibility index (Phi) is 4.09. The lowest BCUT2D eigenvalue weighted by Gasteiger charge is -2.23. The molecule has 0 radical (unpaired) electrons. The molecule has 0 saturated heterocycles. The smallest absolute Gasteiger partial charge is 0.282 e. The Hall–Kier alpha value is -2.70. The molecule has 1 amide bonds. The van der Waals surface area contributed by atoms with Crippen LogP contribution in [0.25, 0.3) is 10.8 Å². The quantitative estimate of drug-likeness (QED) is 0.736. The first kappa shape index (κ1) is 16.2. The van der Waals surface area contributed by atoms with Crippen LogP contribution in [0.2, 0.25) is 0 Å². The van der Waals surface area contributed by atoms with Gasteiger partial charge in [0, 0.05) is 18.0 Å². The molecule has 0 aliphatic rings. The summed E-state index contributed by atoms with van der Waals surface area (Å²) in [6.45, 7) is 1.40. The van der Waals surface area contributed by atoms with E-state index in [0.29, 0.717) is 22.1 Å². The monoisotopic (exact) mass is 341 g/mol. The van der Waals surface area contributed by atoms with Crippen molar-refractivity contribution in [2.24, 2.45) is 0 Å². The molecule has 0 unspecified atom stereocenters. The van der Waals surface area contributed by atoms with Gasteiger partial charge in [-0.25, -0.2) is 0 Å². The van der Waals surface area contributed by atoms with Gasteiger partial charge in [-0.15, -0.1) is 0 Å². The van der Waals surface area contributed by atoms with Crippen molar-refractivity contribution in [1.29, 1.82) is 0 Å². The van der Waals surface area contributed by atoms with Gasteiger partial charge in [0.05, 0.1) is 5.69 Å². The van der Waals surface area contributed by atoms with E-state index >= 15 is 0 Å². The van der Waals surface area contributed by atoms with E-state index in [1.165, 1.54) is 17.9 Å². The molecule has 0 bridgehead atoms. The molecule has 0 atom stereocenters. The van der Waals surface area contributed by atoms with Crippen molar-refractivity contribution in [3.8, 4) is 0 Å². The minimum atomic E-state index is -4.43. The predicted octanol–water partition coefficient (Wildman–Crippen LogP) is 3.77. The number of fused-ring (bicyclic) bond motifs is 1. The molecular weight excluding hydrogens is 326 g/mol. The normalized spacial score (nSPS) is 11.4. The van der Waals surface area contributed by atoms with Crippen LogP contribution in [0.3, 0.4) is 0 Å². The van der Waals surface area contributed by atoms with Gasteiger partial charge in [-0.3, -0.25) is 14.2 Å². The minimum Gasteiger partial charge on any atom is -0.282 e. The van der Waals surface area contributed by atoms with Crippen LogP contribution in [0.15, 0.2) is 71.6 Å². The molecular formula is C18H15NO4S. The van der Waals surface area contributed by atoms with Gasteiger partial charge < -0.3 is 0 Å². The molecule has 0 aliphatic heterocycles. The average molecular weight is 341 g/mol. The third kappa shape index (κ3) is 2.89. The third-order valence-corrected chi connectivity index (χ3v) is 4.59. The molecule has 1 N–H and O–H groups in total. The number of hydrogen-bond donors (Lipinski definition) is 1. The molecule has 0 fully saturated rings. The lowest BCUT2D eigenvalue weighted by molar-refractivity contribution is -0.115. The summed E-state index contributed by atoms with van der Waals surface area (Å²) in [6.07, 6.45) is 0. The van der Waals surface area contributed by atoms with E-state index in [2.05, 4.69) is 0 Å². The molecule has 3 aromatic carbocycles. The largest absolute Gasteiger partial charge is 0.295 e. The van der Waals surface area contributed by atoms with E-state index in [4.69, 9.17) is 0 Å². The van der Waals surface area contributed by atoms with Gasteiger partial charge in [-0.1, -0.05) is 42.5 Å². The summed E-state index contributed by atoms with van der Waals surface area (Å²) >= 11 is 0. The summed E-state index contributed by atoms with van der Waals surface area (Å²) in [5.41, 5.74) is 1.02. The van der Waals surface area contributed by atoms with E-state index in [-0.39, 0.29) is 10.8 Å². The number of para-hydroxylation sites is 1. The van der Waals surface area contributed by atoms with E-state index in [1.54, 1.807) is 54.6 Å². The van der Waals surface area contributed by atoms with Crippen LogP contribution >= 0.6 is 0 Å². The van der Waals surface area contributed by atoms with Crippen molar-refractivity contribution in [2.75, 3.05) is 4.90 Å². The Morgan fingerprint density at radius 2 is 1.54 bits per heavy atom. The first-order valence-electron chi connectivity index (χ1n) is 7.24. The van der Waals surface area contributed by atoms with Gasteiger partial charge in [0.25, 0.3) is 10.1 Å². The number of anilines is 2. The van der Waals surface area contributed by atoms with Gasteiger partial charge in [-0.2, -0.15) is 8.42 Å². The zero-order valence-electron chi connectivity index (χ0n) is 12.9. The summed E-state index contributed by atoms with van der Waals surface area (Å²) in [5.74, 6) is -0.265. The van der Waals surface area contributed by atoms with Crippen LogP contribution in [0, 0.1) is 0 Å². The highest BCUT2D eigenvalue weighted by atomic mass is 32.2. The summed E-state index contributed by atoms with van der Waals surface area (Å²) in [7, 11) is -4.43. The number of hydrogen-bond acceptors (Lipinski definition) is 3. The van der Waals surface area contributed by atoms with Crippen LogP contribution < -0.4 is 4.90 Å². The number of nitrogens with zero attached hydrogens (tertiary/aromatic N) is 1. The second-order valence-corrected chi connectivity index (χ2v) is 6.69. The van der Waals surface area contributed by atoms with Crippen LogP contribution in [0.1, 0.15) is 6.92 Å². The first-order chi connectivity index (χ1) is 11.4. The maximum atomic E-state index is 12.3. The summed E-state index contributed by atoms with van der Waals surface area (Å²) < 4.78 is 33.1. The molecule has 3 aromatic rings. The van der Waals surface area contributed by atoms with Crippen LogP contribution in [-0.4, -0.2) is 18.9 Å². The highest BCUT2D eigenvalue weighted by Crippen LogP contribution is 2.36. The third-order valence-electron chi connectivity index (χ3n) is 3.69. The van der Waals surface area contributed by atoms with Crippen molar-refractivity contribution in [3.05, 3.63) is 66.7 Å². The van der Waals surface area contributed by atoms with Gasteiger partial charge in [-0.05, 0) is 29.7 Å². The van der Waals surface area contributed by atoms with Crippen molar-refractivity contribution in [1.82, 2.24) is 0 Å².